The molecule has 99 heavy (non-hydrogen) atoms. The van der Waals surface area contributed by atoms with Crippen LogP contribution in [0, 0.1) is 0 Å². The summed E-state index contributed by atoms with van der Waals surface area (Å²) in [5.74, 6) is 1.51. The van der Waals surface area contributed by atoms with Gasteiger partial charge in [-0.2, -0.15) is 0 Å². The molecule has 0 saturated carbocycles. The lowest BCUT2D eigenvalue weighted by Crippen LogP contribution is -2.25. The molecule has 0 saturated heterocycles. The lowest BCUT2D eigenvalue weighted by atomic mass is 9.70. The molecule has 4 aromatic carbocycles. The molecule has 0 bridgehead atoms. The van der Waals surface area contributed by atoms with Crippen molar-refractivity contribution in [3.05, 3.63) is 195 Å². The van der Waals surface area contributed by atoms with E-state index in [1.807, 2.05) is 45.3 Å². The summed E-state index contributed by atoms with van der Waals surface area (Å²) in [5.41, 5.74) is 11.0. The van der Waals surface area contributed by atoms with E-state index in [0.717, 1.165) is 88.9 Å². The van der Waals surface area contributed by atoms with E-state index in [9.17, 15) is 9.59 Å². The van der Waals surface area contributed by atoms with Crippen LogP contribution in [0.4, 0.5) is 0 Å². The van der Waals surface area contributed by atoms with Crippen molar-refractivity contribution in [2.45, 2.75) is 237 Å². The molecule has 1 aliphatic carbocycles. The van der Waals surface area contributed by atoms with Crippen LogP contribution in [0.15, 0.2) is 184 Å². The minimum Gasteiger partial charge on any atom is -0.494 e. The Labute approximate surface area is 610 Å². The molecule has 0 unspecified atom stereocenters. The number of carbonyl (C=O) groups is 2. The van der Waals surface area contributed by atoms with Crippen LogP contribution in [-0.4, -0.2) is 37.4 Å². The molecule has 8 aromatic rings. The van der Waals surface area contributed by atoms with E-state index in [-0.39, 0.29) is 17.4 Å². The van der Waals surface area contributed by atoms with Crippen LogP contribution < -0.4 is 9.47 Å². The molecule has 10 heteroatoms. The summed E-state index contributed by atoms with van der Waals surface area (Å²) in [5, 5.41) is 0. The van der Waals surface area contributed by atoms with Gasteiger partial charge in [-0.15, -0.1) is 45.3 Å². The third kappa shape index (κ3) is 23.1. The Morgan fingerprint density at radius 1 is 0.343 bits per heavy atom. The first-order valence-electron chi connectivity index (χ1n) is 37.7. The van der Waals surface area contributed by atoms with Crippen LogP contribution in [0.3, 0.4) is 0 Å². The summed E-state index contributed by atoms with van der Waals surface area (Å²) in [6, 6.07) is 51.0. The number of ether oxygens (including phenoxy) is 4. The van der Waals surface area contributed by atoms with Gasteiger partial charge in [0.15, 0.2) is 0 Å². The number of fused-ring (bicyclic) bond motifs is 3. The Kier molecular flexibility index (Phi) is 32.2. The van der Waals surface area contributed by atoms with Crippen LogP contribution in [0.1, 0.15) is 230 Å². The molecule has 9 rings (SSSR count). The van der Waals surface area contributed by atoms with Crippen molar-refractivity contribution in [2.24, 2.45) is 0 Å². The molecule has 0 radical (unpaired) electrons. The Morgan fingerprint density at radius 2 is 0.626 bits per heavy atom. The van der Waals surface area contributed by atoms with Crippen molar-refractivity contribution >= 4 is 57.3 Å². The van der Waals surface area contributed by atoms with Gasteiger partial charge in [-0.3, -0.25) is 9.59 Å². The maximum atomic E-state index is 12.0. The summed E-state index contributed by atoms with van der Waals surface area (Å²) in [6.07, 6.45) is 42.2. The summed E-state index contributed by atoms with van der Waals surface area (Å²) in [7, 11) is 0. The van der Waals surface area contributed by atoms with Gasteiger partial charge in [0.2, 0.25) is 0 Å². The zero-order chi connectivity index (χ0) is 69.3. The average molecular weight is 1400 g/mol. The van der Waals surface area contributed by atoms with Crippen LogP contribution >= 0.6 is 45.3 Å². The molecule has 0 atom stereocenters. The second-order valence-electron chi connectivity index (χ2n) is 27.0. The second-order valence-corrected chi connectivity index (χ2v) is 31.4. The van der Waals surface area contributed by atoms with Gasteiger partial charge in [0.05, 0.1) is 13.2 Å². The molecule has 0 N–H and O–H groups in total. The van der Waals surface area contributed by atoms with E-state index < -0.39 is 12.2 Å². The zero-order valence-corrected chi connectivity index (χ0v) is 62.9. The lowest BCUT2D eigenvalue weighted by molar-refractivity contribution is -0.146. The van der Waals surface area contributed by atoms with Crippen LogP contribution in [-0.2, 0) is 24.5 Å². The van der Waals surface area contributed by atoms with Crippen LogP contribution in [0.5, 0.6) is 11.5 Å². The maximum absolute atomic E-state index is 12.0. The van der Waals surface area contributed by atoms with Crippen LogP contribution in [0.2, 0.25) is 0 Å². The number of benzene rings is 4. The minimum atomic E-state index is -0.396. The lowest BCUT2D eigenvalue weighted by Gasteiger charge is -2.33. The highest BCUT2D eigenvalue weighted by atomic mass is 32.1. The van der Waals surface area contributed by atoms with E-state index in [4.69, 9.17) is 18.9 Å². The zero-order valence-electron chi connectivity index (χ0n) is 59.6. The van der Waals surface area contributed by atoms with E-state index in [2.05, 4.69) is 174 Å². The summed E-state index contributed by atoms with van der Waals surface area (Å²) < 4.78 is 23.0. The fraction of sp³-hybridized carbons (Fsp3) is 0.438. The highest BCUT2D eigenvalue weighted by molar-refractivity contribution is 7.25. The summed E-state index contributed by atoms with van der Waals surface area (Å²) in [4.78, 5) is 34.4. The molecule has 526 valence electrons. The first kappa shape index (κ1) is 76.4. The van der Waals surface area contributed by atoms with Crippen LogP contribution in [0.25, 0.3) is 72.4 Å². The van der Waals surface area contributed by atoms with E-state index >= 15 is 0 Å². The molecular weight excluding hydrogens is 1290 g/mol. The molecule has 0 amide bonds. The first-order valence-corrected chi connectivity index (χ1v) is 41.0. The van der Waals surface area contributed by atoms with E-state index in [0.29, 0.717) is 12.8 Å². The molecule has 0 aliphatic heterocycles. The first-order chi connectivity index (χ1) is 48.6. The summed E-state index contributed by atoms with van der Waals surface area (Å²) >= 11 is 7.61. The smallest absolute Gasteiger partial charge is 0.306 e. The molecule has 6 nitrogen and oxygen atoms in total. The number of unbranched alkanes of at least 4 members (excludes halogenated alkanes) is 24. The quantitative estimate of drug-likeness (QED) is 0.0215. The van der Waals surface area contributed by atoms with Gasteiger partial charge in [0.25, 0.3) is 0 Å². The average Bonchev–Trinajstić information content (AvgIpc) is 1.54. The highest BCUT2D eigenvalue weighted by Gasteiger charge is 2.43. The number of hydrogen-bond acceptors (Lipinski definition) is 10. The Bertz CT molecular complexity index is 3480. The van der Waals surface area contributed by atoms with Crippen molar-refractivity contribution in [3.63, 3.8) is 0 Å². The number of hydrogen-bond donors (Lipinski definition) is 0. The Morgan fingerprint density at radius 3 is 0.960 bits per heavy atom. The van der Waals surface area contributed by atoms with Gasteiger partial charge >= 0.3 is 11.9 Å². The second kappa shape index (κ2) is 41.8. The SMILES string of the molecule is C=CC(C=C)OC(=O)CCCCCCCCCCOc1ccc(-c2ccc(-c3ccc(-c4ccc5c(c4)C(CCCCCCCC)(CCCCCCCC)c4cc(-c6ccc(-c7ccc(-c8ccc(OCCCCCCCCCCC(=O)OC(C=C)C=C)cc8)s7)s6)ccc4-5)s3)s2)cc1. The number of thiophene rings is 4. The van der Waals surface area contributed by atoms with E-state index in [1.54, 1.807) is 35.4 Å². The van der Waals surface area contributed by atoms with Crippen molar-refractivity contribution in [1.82, 2.24) is 0 Å². The monoisotopic (exact) mass is 1400 g/mol. The number of carbonyl (C=O) groups excluding carboxylic acids is 2. The largest absolute Gasteiger partial charge is 0.494 e. The topological polar surface area (TPSA) is 71.1 Å². The molecule has 1 aliphatic rings. The summed E-state index contributed by atoms with van der Waals surface area (Å²) in [6.45, 7) is 20.8. The molecule has 4 aromatic heterocycles. The van der Waals surface area contributed by atoms with Gasteiger partial charge in [-0.1, -0.05) is 219 Å². The molecular formula is C89H110O6S4. The fourth-order valence-electron chi connectivity index (χ4n) is 13.9. The van der Waals surface area contributed by atoms with Gasteiger partial charge in [0, 0.05) is 57.3 Å². The van der Waals surface area contributed by atoms with Crippen molar-refractivity contribution < 1.29 is 28.5 Å². The molecule has 4 heterocycles. The predicted molar refractivity (Wildman–Crippen MR) is 427 cm³/mol. The van der Waals surface area contributed by atoms with Gasteiger partial charge in [-0.25, -0.2) is 0 Å². The Balaban J connectivity index is 0.804. The maximum Gasteiger partial charge on any atom is 0.306 e. The normalized spacial score (nSPS) is 12.2. The fourth-order valence-corrected chi connectivity index (χ4v) is 18.1. The van der Waals surface area contributed by atoms with Crippen molar-refractivity contribution in [2.75, 3.05) is 13.2 Å². The third-order valence-corrected chi connectivity index (χ3v) is 24.5. The van der Waals surface area contributed by atoms with Gasteiger partial charge < -0.3 is 18.9 Å². The minimum absolute atomic E-state index is 0.0471. The van der Waals surface area contributed by atoms with E-state index in [1.165, 1.54) is 201 Å². The van der Waals surface area contributed by atoms with Crippen molar-refractivity contribution in [3.8, 4) is 83.9 Å². The molecule has 0 spiro atoms. The van der Waals surface area contributed by atoms with Gasteiger partial charge in [-0.05, 0) is 217 Å². The Hall–Kier alpha value is -6.82. The number of esters is 2. The molecule has 0 fully saturated rings. The highest BCUT2D eigenvalue weighted by Crippen LogP contribution is 2.57. The third-order valence-electron chi connectivity index (χ3n) is 19.6. The predicted octanol–water partition coefficient (Wildman–Crippen LogP) is 28.0. The number of rotatable bonds is 50. The van der Waals surface area contributed by atoms with Gasteiger partial charge in [0.1, 0.15) is 23.7 Å². The standard InChI is InChI=1S/C89H110O6S4/c1-7-13-15-17-29-35-61-89(62-36-30-18-16-14-8-2)77-65-69(81-55-59-85(98-81)83-57-53-79(96-83)67-41-47-73(48-42-67)92-63-37-31-25-21-19-23-27-33-39-87(90)94-71(9-3)10-4)45-51-75(77)76-52-46-70(66-78(76)89)82-56-60-86(99-82)84-58-54-80(97-84)68-43-49-74(50-44-68)93-64-38-32-26-22-20-24-28-34-40-88(91)95-72(11-5)12-6/h9-12,41-60,65-66,71-72H,3-8,13-40,61-64H2,1-2H3. The van der Waals surface area contributed by atoms with Crippen molar-refractivity contribution in [1.29, 1.82) is 0 Å².